The SMILES string of the molecule is COc1ccc(C(=O)N2C(C(=O)NC(C)c3ccccc3)CSC2c2ccc(C(C)(C)C)cc2)cc1. The molecule has 188 valence electrons. The summed E-state index contributed by atoms with van der Waals surface area (Å²) in [5.74, 6) is 0.901. The minimum absolute atomic E-state index is 0.0376. The molecule has 0 aliphatic carbocycles. The van der Waals surface area contributed by atoms with E-state index >= 15 is 0 Å². The first-order valence-electron chi connectivity index (χ1n) is 12.2. The molecule has 1 N–H and O–H groups in total. The van der Waals surface area contributed by atoms with Gasteiger partial charge in [-0.25, -0.2) is 0 Å². The number of amides is 2. The van der Waals surface area contributed by atoms with Gasteiger partial charge in [0, 0.05) is 11.3 Å². The summed E-state index contributed by atoms with van der Waals surface area (Å²) in [5.41, 5.74) is 3.84. The van der Waals surface area contributed by atoms with Crippen molar-refractivity contribution in [1.29, 1.82) is 0 Å². The standard InChI is InChI=1S/C30H34N2O3S/c1-20(21-9-7-6-8-10-21)31-27(33)26-19-36-29(23-11-15-24(16-12-23)30(2,3)4)32(26)28(34)22-13-17-25(35-5)18-14-22/h6-18,20,26,29H,19H2,1-5H3,(H,31,33). The molecule has 0 radical (unpaired) electrons. The van der Waals surface area contributed by atoms with E-state index in [1.165, 1.54) is 5.56 Å². The van der Waals surface area contributed by atoms with Crippen molar-refractivity contribution in [3.8, 4) is 5.75 Å². The number of thioether (sulfide) groups is 1. The molecule has 1 heterocycles. The molecule has 1 aliphatic heterocycles. The van der Waals surface area contributed by atoms with E-state index in [1.54, 1.807) is 48.0 Å². The zero-order valence-electron chi connectivity index (χ0n) is 21.5. The number of ether oxygens (including phenoxy) is 1. The Hall–Kier alpha value is -3.25. The second kappa shape index (κ2) is 10.8. The summed E-state index contributed by atoms with van der Waals surface area (Å²) < 4.78 is 5.26. The summed E-state index contributed by atoms with van der Waals surface area (Å²) in [7, 11) is 1.60. The van der Waals surface area contributed by atoms with Gasteiger partial charge in [-0.2, -0.15) is 0 Å². The third kappa shape index (κ3) is 5.59. The lowest BCUT2D eigenvalue weighted by molar-refractivity contribution is -0.125. The van der Waals surface area contributed by atoms with E-state index < -0.39 is 6.04 Å². The second-order valence-electron chi connectivity index (χ2n) is 10.2. The van der Waals surface area contributed by atoms with Crippen molar-refractivity contribution in [3.63, 3.8) is 0 Å². The molecule has 0 bridgehead atoms. The Morgan fingerprint density at radius 3 is 2.19 bits per heavy atom. The lowest BCUT2D eigenvalue weighted by Crippen LogP contribution is -2.48. The predicted molar refractivity (Wildman–Crippen MR) is 146 cm³/mol. The Kier molecular flexibility index (Phi) is 7.74. The van der Waals surface area contributed by atoms with Gasteiger partial charge in [0.15, 0.2) is 0 Å². The molecule has 0 aromatic heterocycles. The van der Waals surface area contributed by atoms with Crippen LogP contribution in [-0.2, 0) is 10.2 Å². The van der Waals surface area contributed by atoms with E-state index in [0.717, 1.165) is 11.1 Å². The monoisotopic (exact) mass is 502 g/mol. The van der Waals surface area contributed by atoms with Crippen LogP contribution in [0.2, 0.25) is 0 Å². The summed E-state index contributed by atoms with van der Waals surface area (Å²) in [4.78, 5) is 29.1. The van der Waals surface area contributed by atoms with Crippen LogP contribution in [0, 0.1) is 0 Å². The summed E-state index contributed by atoms with van der Waals surface area (Å²) in [6, 6.07) is 24.6. The second-order valence-corrected chi connectivity index (χ2v) is 11.3. The van der Waals surface area contributed by atoms with Gasteiger partial charge < -0.3 is 15.0 Å². The first kappa shape index (κ1) is 25.8. The minimum Gasteiger partial charge on any atom is -0.497 e. The van der Waals surface area contributed by atoms with Gasteiger partial charge in [0.1, 0.15) is 17.2 Å². The van der Waals surface area contributed by atoms with Crippen LogP contribution >= 0.6 is 11.8 Å². The molecule has 36 heavy (non-hydrogen) atoms. The van der Waals surface area contributed by atoms with Crippen LogP contribution < -0.4 is 10.1 Å². The maximum Gasteiger partial charge on any atom is 0.255 e. The molecule has 5 nitrogen and oxygen atoms in total. The van der Waals surface area contributed by atoms with Gasteiger partial charge in [-0.15, -0.1) is 11.8 Å². The van der Waals surface area contributed by atoms with Crippen LogP contribution in [0.25, 0.3) is 0 Å². The molecular formula is C30H34N2O3S. The Morgan fingerprint density at radius 1 is 0.972 bits per heavy atom. The number of nitrogens with one attached hydrogen (secondary N) is 1. The zero-order valence-corrected chi connectivity index (χ0v) is 22.3. The molecule has 2 amide bonds. The fourth-order valence-electron chi connectivity index (χ4n) is 4.38. The minimum atomic E-state index is -0.581. The Bertz CT molecular complexity index is 1190. The van der Waals surface area contributed by atoms with Gasteiger partial charge in [-0.05, 0) is 53.3 Å². The van der Waals surface area contributed by atoms with Gasteiger partial charge in [0.25, 0.3) is 5.91 Å². The van der Waals surface area contributed by atoms with E-state index in [2.05, 4.69) is 50.4 Å². The average molecular weight is 503 g/mol. The maximum absolute atomic E-state index is 13.8. The number of rotatable bonds is 6. The molecule has 1 fully saturated rings. The largest absolute Gasteiger partial charge is 0.497 e. The summed E-state index contributed by atoms with van der Waals surface area (Å²) in [6.07, 6.45) is 0. The molecular weight excluding hydrogens is 468 g/mol. The van der Waals surface area contributed by atoms with Crippen LogP contribution in [0.1, 0.15) is 66.2 Å². The summed E-state index contributed by atoms with van der Waals surface area (Å²) >= 11 is 1.63. The van der Waals surface area contributed by atoms with E-state index in [-0.39, 0.29) is 28.6 Å². The van der Waals surface area contributed by atoms with Crippen molar-refractivity contribution < 1.29 is 14.3 Å². The summed E-state index contributed by atoms with van der Waals surface area (Å²) in [6.45, 7) is 8.51. The highest BCUT2D eigenvalue weighted by molar-refractivity contribution is 7.99. The van der Waals surface area contributed by atoms with Crippen molar-refractivity contribution >= 4 is 23.6 Å². The van der Waals surface area contributed by atoms with Crippen LogP contribution in [0.5, 0.6) is 5.75 Å². The number of hydrogen-bond donors (Lipinski definition) is 1. The third-order valence-electron chi connectivity index (χ3n) is 6.59. The first-order valence-corrected chi connectivity index (χ1v) is 13.3. The Morgan fingerprint density at radius 2 is 1.61 bits per heavy atom. The molecule has 1 aliphatic rings. The third-order valence-corrected chi connectivity index (χ3v) is 7.92. The predicted octanol–water partition coefficient (Wildman–Crippen LogP) is 6.13. The van der Waals surface area contributed by atoms with Crippen molar-refractivity contribution in [3.05, 3.63) is 101 Å². The number of nitrogens with zero attached hydrogens (tertiary/aromatic N) is 1. The molecule has 1 saturated heterocycles. The Balaban J connectivity index is 1.63. The summed E-state index contributed by atoms with van der Waals surface area (Å²) in [5, 5.41) is 2.87. The van der Waals surface area contributed by atoms with E-state index in [1.807, 2.05) is 37.3 Å². The van der Waals surface area contributed by atoms with Crippen molar-refractivity contribution in [2.24, 2.45) is 0 Å². The molecule has 3 aromatic rings. The molecule has 3 atom stereocenters. The molecule has 0 saturated carbocycles. The number of benzene rings is 3. The Labute approximate surface area is 218 Å². The van der Waals surface area contributed by atoms with Crippen molar-refractivity contribution in [2.75, 3.05) is 12.9 Å². The number of carbonyl (C=O) groups excluding carboxylic acids is 2. The molecule has 3 unspecified atom stereocenters. The van der Waals surface area contributed by atoms with Gasteiger partial charge in [-0.1, -0.05) is 75.4 Å². The van der Waals surface area contributed by atoms with E-state index in [9.17, 15) is 9.59 Å². The van der Waals surface area contributed by atoms with E-state index in [0.29, 0.717) is 17.1 Å². The van der Waals surface area contributed by atoms with Crippen molar-refractivity contribution in [2.45, 2.75) is 50.6 Å². The highest BCUT2D eigenvalue weighted by atomic mass is 32.2. The van der Waals surface area contributed by atoms with Crippen LogP contribution in [-0.4, -0.2) is 35.6 Å². The van der Waals surface area contributed by atoms with Crippen LogP contribution in [0.3, 0.4) is 0 Å². The normalized spacial score (nSPS) is 18.5. The van der Waals surface area contributed by atoms with Crippen LogP contribution in [0.4, 0.5) is 0 Å². The van der Waals surface area contributed by atoms with Gasteiger partial charge in [0.05, 0.1) is 13.2 Å². The maximum atomic E-state index is 13.8. The lowest BCUT2D eigenvalue weighted by Gasteiger charge is -2.30. The number of hydrogen-bond acceptors (Lipinski definition) is 4. The number of carbonyl (C=O) groups is 2. The highest BCUT2D eigenvalue weighted by Gasteiger charge is 2.43. The lowest BCUT2D eigenvalue weighted by atomic mass is 9.86. The molecule has 6 heteroatoms. The zero-order chi connectivity index (χ0) is 25.9. The van der Waals surface area contributed by atoms with Gasteiger partial charge in [0.2, 0.25) is 5.91 Å². The fourth-order valence-corrected chi connectivity index (χ4v) is 5.81. The van der Waals surface area contributed by atoms with E-state index in [4.69, 9.17) is 4.74 Å². The molecule has 0 spiro atoms. The van der Waals surface area contributed by atoms with Gasteiger partial charge in [-0.3, -0.25) is 9.59 Å². The topological polar surface area (TPSA) is 58.6 Å². The van der Waals surface area contributed by atoms with Crippen LogP contribution in [0.15, 0.2) is 78.9 Å². The average Bonchev–Trinajstić information content (AvgIpc) is 3.34. The quantitative estimate of drug-likeness (QED) is 0.441. The smallest absolute Gasteiger partial charge is 0.255 e. The highest BCUT2D eigenvalue weighted by Crippen LogP contribution is 2.43. The molecule has 3 aromatic carbocycles. The molecule has 4 rings (SSSR count). The first-order chi connectivity index (χ1) is 17.2. The fraction of sp³-hybridized carbons (Fsp3) is 0.333. The van der Waals surface area contributed by atoms with Gasteiger partial charge >= 0.3 is 0 Å². The number of methoxy groups -OCH3 is 1. The van der Waals surface area contributed by atoms with Crippen molar-refractivity contribution in [1.82, 2.24) is 10.2 Å².